The zero-order chi connectivity index (χ0) is 16.7. The van der Waals surface area contributed by atoms with Crippen LogP contribution < -0.4 is 10.6 Å². The van der Waals surface area contributed by atoms with Crippen molar-refractivity contribution in [1.82, 2.24) is 4.98 Å². The van der Waals surface area contributed by atoms with Gasteiger partial charge in [0, 0.05) is 6.42 Å². The fraction of sp³-hybridized carbons (Fsp3) is 0.667. The number of aliphatic hydroxyl groups is 1. The molecule has 1 heterocycles. The van der Waals surface area contributed by atoms with E-state index >= 15 is 0 Å². The fourth-order valence-corrected chi connectivity index (χ4v) is 2.96. The minimum absolute atomic E-state index is 0.0222. The van der Waals surface area contributed by atoms with Crippen LogP contribution in [0.4, 0.5) is 11.5 Å². The highest BCUT2D eigenvalue weighted by molar-refractivity contribution is 5.90. The molecule has 1 aliphatic carbocycles. The molecule has 5 nitrogen and oxygen atoms in total. The molecule has 1 aromatic rings. The van der Waals surface area contributed by atoms with Gasteiger partial charge in [0.2, 0.25) is 5.91 Å². The summed E-state index contributed by atoms with van der Waals surface area (Å²) in [6.45, 7) is 3.82. The van der Waals surface area contributed by atoms with E-state index in [1.807, 2.05) is 26.0 Å². The molecule has 0 aliphatic heterocycles. The summed E-state index contributed by atoms with van der Waals surface area (Å²) in [4.78, 5) is 16.3. The van der Waals surface area contributed by atoms with Crippen LogP contribution in [0.1, 0.15) is 58.8 Å². The van der Waals surface area contributed by atoms with Crippen molar-refractivity contribution in [2.24, 2.45) is 5.92 Å². The van der Waals surface area contributed by atoms with Crippen molar-refractivity contribution in [2.45, 2.75) is 64.3 Å². The Morgan fingerprint density at radius 3 is 2.65 bits per heavy atom. The fourth-order valence-electron chi connectivity index (χ4n) is 2.96. The number of hydrogen-bond acceptors (Lipinski definition) is 4. The van der Waals surface area contributed by atoms with Gasteiger partial charge in [-0.3, -0.25) is 4.79 Å². The summed E-state index contributed by atoms with van der Waals surface area (Å²) in [6.07, 6.45) is 9.75. The molecule has 3 N–H and O–H groups in total. The highest BCUT2D eigenvalue weighted by Gasteiger charge is 2.17. The number of pyridine rings is 1. The molecule has 0 bridgehead atoms. The molecule has 1 saturated carbocycles. The number of nitrogens with zero attached hydrogens (tertiary/aromatic N) is 1. The summed E-state index contributed by atoms with van der Waals surface area (Å²) in [6, 6.07) is 3.65. The number of aliphatic hydroxyl groups excluding tert-OH is 1. The van der Waals surface area contributed by atoms with Crippen molar-refractivity contribution in [3.05, 3.63) is 18.3 Å². The number of amides is 1. The third-order valence-electron chi connectivity index (χ3n) is 4.41. The maximum atomic E-state index is 12.0. The lowest BCUT2D eigenvalue weighted by atomic mass is 9.86. The lowest BCUT2D eigenvalue weighted by Gasteiger charge is -2.24. The van der Waals surface area contributed by atoms with Gasteiger partial charge >= 0.3 is 0 Å². The van der Waals surface area contributed by atoms with Crippen molar-refractivity contribution in [3.63, 3.8) is 0 Å². The average Bonchev–Trinajstić information content (AvgIpc) is 2.55. The van der Waals surface area contributed by atoms with Gasteiger partial charge in [-0.15, -0.1) is 0 Å². The van der Waals surface area contributed by atoms with Crippen LogP contribution >= 0.6 is 0 Å². The molecule has 0 spiro atoms. The van der Waals surface area contributed by atoms with Gasteiger partial charge in [0.05, 0.1) is 24.0 Å². The summed E-state index contributed by atoms with van der Waals surface area (Å²) in [5.41, 5.74) is 0.295. The molecular weight excluding hydrogens is 290 g/mol. The Hall–Kier alpha value is -1.62. The Kier molecular flexibility index (Phi) is 6.39. The summed E-state index contributed by atoms with van der Waals surface area (Å²) in [7, 11) is 0. The number of carbonyl (C=O) groups excluding carboxylic acids is 1. The minimum Gasteiger partial charge on any atom is -0.394 e. The maximum absolute atomic E-state index is 12.0. The molecule has 1 fully saturated rings. The highest BCUT2D eigenvalue weighted by atomic mass is 16.3. The molecule has 0 atom stereocenters. The lowest BCUT2D eigenvalue weighted by Crippen LogP contribution is -2.35. The van der Waals surface area contributed by atoms with Crippen LogP contribution in [-0.4, -0.2) is 28.1 Å². The van der Waals surface area contributed by atoms with E-state index in [2.05, 4.69) is 15.6 Å². The van der Waals surface area contributed by atoms with Gasteiger partial charge in [-0.2, -0.15) is 0 Å². The third-order valence-corrected chi connectivity index (χ3v) is 4.41. The zero-order valence-electron chi connectivity index (χ0n) is 14.3. The molecule has 128 valence electrons. The first-order chi connectivity index (χ1) is 11.0. The predicted octanol–water partition coefficient (Wildman–Crippen LogP) is 3.56. The summed E-state index contributed by atoms with van der Waals surface area (Å²) in [5, 5.41) is 15.3. The lowest BCUT2D eigenvalue weighted by molar-refractivity contribution is -0.116. The van der Waals surface area contributed by atoms with E-state index in [9.17, 15) is 9.90 Å². The number of anilines is 2. The molecule has 0 radical (unpaired) electrons. The van der Waals surface area contributed by atoms with Crippen LogP contribution in [0.2, 0.25) is 0 Å². The molecule has 0 aromatic carbocycles. The largest absolute Gasteiger partial charge is 0.394 e. The van der Waals surface area contributed by atoms with E-state index in [4.69, 9.17) is 0 Å². The predicted molar refractivity (Wildman–Crippen MR) is 93.5 cm³/mol. The van der Waals surface area contributed by atoms with Crippen molar-refractivity contribution in [1.29, 1.82) is 0 Å². The van der Waals surface area contributed by atoms with E-state index in [-0.39, 0.29) is 12.5 Å². The van der Waals surface area contributed by atoms with E-state index in [1.165, 1.54) is 32.1 Å². The molecule has 5 heteroatoms. The van der Waals surface area contributed by atoms with Gasteiger partial charge in [0.15, 0.2) is 0 Å². The van der Waals surface area contributed by atoms with Crippen LogP contribution in [0.25, 0.3) is 0 Å². The van der Waals surface area contributed by atoms with E-state index in [0.717, 1.165) is 12.3 Å². The summed E-state index contributed by atoms with van der Waals surface area (Å²) in [5.74, 6) is 1.47. The Bertz CT molecular complexity index is 493. The summed E-state index contributed by atoms with van der Waals surface area (Å²) >= 11 is 0. The van der Waals surface area contributed by atoms with Gasteiger partial charge in [-0.1, -0.05) is 32.1 Å². The first-order valence-electron chi connectivity index (χ1n) is 8.63. The van der Waals surface area contributed by atoms with Gasteiger partial charge in [0.25, 0.3) is 0 Å². The van der Waals surface area contributed by atoms with Crippen molar-refractivity contribution >= 4 is 17.4 Å². The minimum atomic E-state index is -0.419. The maximum Gasteiger partial charge on any atom is 0.224 e. The number of rotatable bonds is 7. The number of hydrogen-bond donors (Lipinski definition) is 3. The van der Waals surface area contributed by atoms with Crippen LogP contribution in [0.3, 0.4) is 0 Å². The second kappa shape index (κ2) is 8.29. The topological polar surface area (TPSA) is 74.2 Å². The standard InChI is InChI=1S/C18H29N3O2/c1-18(2,13-22)21-16-10-9-15(12-19-16)20-17(23)11-8-14-6-4-3-5-7-14/h9-10,12,14,22H,3-8,11,13H2,1-2H3,(H,19,21)(H,20,23). The second-order valence-corrected chi connectivity index (χ2v) is 7.19. The van der Waals surface area contributed by atoms with Crippen LogP contribution in [0, 0.1) is 5.92 Å². The molecule has 2 rings (SSSR count). The van der Waals surface area contributed by atoms with Crippen LogP contribution in [0.5, 0.6) is 0 Å². The molecule has 0 unspecified atom stereocenters. The van der Waals surface area contributed by atoms with Gasteiger partial charge in [-0.25, -0.2) is 4.98 Å². The quantitative estimate of drug-likeness (QED) is 0.718. The monoisotopic (exact) mass is 319 g/mol. The molecule has 23 heavy (non-hydrogen) atoms. The number of aromatic nitrogens is 1. The number of nitrogens with one attached hydrogen (secondary N) is 2. The third kappa shape index (κ3) is 6.18. The second-order valence-electron chi connectivity index (χ2n) is 7.19. The Morgan fingerprint density at radius 2 is 2.04 bits per heavy atom. The molecule has 1 aromatic heterocycles. The highest BCUT2D eigenvalue weighted by Crippen LogP contribution is 2.27. The average molecular weight is 319 g/mol. The normalized spacial score (nSPS) is 16.1. The van der Waals surface area contributed by atoms with Crippen LogP contribution in [0.15, 0.2) is 18.3 Å². The zero-order valence-corrected chi connectivity index (χ0v) is 14.3. The van der Waals surface area contributed by atoms with Crippen molar-refractivity contribution in [3.8, 4) is 0 Å². The van der Waals surface area contributed by atoms with E-state index in [1.54, 1.807) is 6.20 Å². The smallest absolute Gasteiger partial charge is 0.224 e. The number of carbonyl (C=O) groups is 1. The van der Waals surface area contributed by atoms with Crippen molar-refractivity contribution < 1.29 is 9.90 Å². The Labute approximate surface area is 138 Å². The molecular formula is C18H29N3O2. The van der Waals surface area contributed by atoms with E-state index in [0.29, 0.717) is 17.9 Å². The summed E-state index contributed by atoms with van der Waals surface area (Å²) < 4.78 is 0. The van der Waals surface area contributed by atoms with E-state index < -0.39 is 5.54 Å². The Morgan fingerprint density at radius 1 is 1.30 bits per heavy atom. The first kappa shape index (κ1) is 17.7. The van der Waals surface area contributed by atoms with Gasteiger partial charge in [-0.05, 0) is 38.3 Å². The Balaban J connectivity index is 1.77. The SMILES string of the molecule is CC(C)(CO)Nc1ccc(NC(=O)CCC2CCCCC2)cn1. The molecule has 1 amide bonds. The van der Waals surface area contributed by atoms with Gasteiger partial charge in [0.1, 0.15) is 5.82 Å². The van der Waals surface area contributed by atoms with Gasteiger partial charge < -0.3 is 15.7 Å². The van der Waals surface area contributed by atoms with Crippen molar-refractivity contribution in [2.75, 3.05) is 17.2 Å². The van der Waals surface area contributed by atoms with Crippen LogP contribution in [-0.2, 0) is 4.79 Å². The molecule has 0 saturated heterocycles. The molecule has 1 aliphatic rings. The first-order valence-corrected chi connectivity index (χ1v) is 8.63.